The van der Waals surface area contributed by atoms with Crippen LogP contribution >= 0.6 is 0 Å². The summed E-state index contributed by atoms with van der Waals surface area (Å²) in [5.41, 5.74) is 1.49. The predicted octanol–water partition coefficient (Wildman–Crippen LogP) is 1.81. The molecule has 1 N–H and O–H groups in total. The first-order valence-corrected chi connectivity index (χ1v) is 6.59. The van der Waals surface area contributed by atoms with E-state index >= 15 is 0 Å². The number of nitrogens with zero attached hydrogens (tertiary/aromatic N) is 1. The molecule has 0 aliphatic rings. The summed E-state index contributed by atoms with van der Waals surface area (Å²) >= 11 is 0. The van der Waals surface area contributed by atoms with E-state index in [1.807, 2.05) is 24.3 Å². The molecular weight excluding hydrogens is 284 g/mol. The van der Waals surface area contributed by atoms with Gasteiger partial charge in [0.1, 0.15) is 11.4 Å². The highest BCUT2D eigenvalue weighted by Crippen LogP contribution is 2.11. The van der Waals surface area contributed by atoms with Gasteiger partial charge in [0.25, 0.3) is 5.91 Å². The van der Waals surface area contributed by atoms with Gasteiger partial charge in [0.05, 0.1) is 19.8 Å². The van der Waals surface area contributed by atoms with Crippen LogP contribution in [0.2, 0.25) is 0 Å². The number of pyridine rings is 1. The zero-order chi connectivity index (χ0) is 15.9. The van der Waals surface area contributed by atoms with E-state index < -0.39 is 5.97 Å². The smallest absolute Gasteiger partial charge is 0.356 e. The van der Waals surface area contributed by atoms with E-state index in [9.17, 15) is 9.59 Å². The molecule has 0 unspecified atom stereocenters. The third-order valence-corrected chi connectivity index (χ3v) is 3.03. The van der Waals surface area contributed by atoms with Gasteiger partial charge in [-0.15, -0.1) is 0 Å². The summed E-state index contributed by atoms with van der Waals surface area (Å²) in [6.45, 7) is 0.390. The van der Waals surface area contributed by atoms with E-state index in [4.69, 9.17) is 4.74 Å². The summed E-state index contributed by atoms with van der Waals surface area (Å²) in [7, 11) is 2.88. The van der Waals surface area contributed by atoms with E-state index in [-0.39, 0.29) is 11.6 Å². The highest BCUT2D eigenvalue weighted by molar-refractivity contribution is 5.95. The number of hydrogen-bond donors (Lipinski definition) is 1. The number of carbonyl (C=O) groups excluding carboxylic acids is 2. The van der Waals surface area contributed by atoms with Gasteiger partial charge in [-0.25, -0.2) is 9.78 Å². The third kappa shape index (κ3) is 3.82. The molecule has 0 bridgehead atoms. The SMILES string of the molecule is COC(=O)c1ccc(C(=O)NCc2ccc(OC)cc2)cn1. The Morgan fingerprint density at radius 2 is 1.82 bits per heavy atom. The van der Waals surface area contributed by atoms with Crippen LogP contribution in [0.15, 0.2) is 42.6 Å². The van der Waals surface area contributed by atoms with Crippen molar-refractivity contribution < 1.29 is 19.1 Å². The molecule has 0 aliphatic heterocycles. The van der Waals surface area contributed by atoms with Gasteiger partial charge in [0, 0.05) is 12.7 Å². The Bertz CT molecular complexity index is 651. The molecule has 0 saturated carbocycles. The number of hydrogen-bond acceptors (Lipinski definition) is 5. The molecule has 0 spiro atoms. The molecule has 6 nitrogen and oxygen atoms in total. The molecule has 1 amide bonds. The van der Waals surface area contributed by atoms with Crippen LogP contribution in [0, 0.1) is 0 Å². The average Bonchev–Trinajstić information content (AvgIpc) is 2.59. The molecule has 0 fully saturated rings. The number of ether oxygens (including phenoxy) is 2. The Hall–Kier alpha value is -2.89. The number of benzene rings is 1. The Labute approximate surface area is 128 Å². The maximum Gasteiger partial charge on any atom is 0.356 e. The fraction of sp³-hybridized carbons (Fsp3) is 0.188. The molecule has 2 aromatic rings. The summed E-state index contributed by atoms with van der Waals surface area (Å²) in [5, 5.41) is 2.78. The molecule has 2 rings (SSSR count). The van der Waals surface area contributed by atoms with Crippen LogP contribution in [0.4, 0.5) is 0 Å². The first-order chi connectivity index (χ1) is 10.6. The molecule has 0 aliphatic carbocycles. The van der Waals surface area contributed by atoms with E-state index in [2.05, 4.69) is 15.0 Å². The maximum absolute atomic E-state index is 12.0. The van der Waals surface area contributed by atoms with Crippen LogP contribution in [0.1, 0.15) is 26.4 Å². The molecule has 6 heteroatoms. The first kappa shape index (κ1) is 15.5. The quantitative estimate of drug-likeness (QED) is 0.852. The van der Waals surface area contributed by atoms with Gasteiger partial charge in [-0.2, -0.15) is 0 Å². The van der Waals surface area contributed by atoms with Gasteiger partial charge in [0.15, 0.2) is 0 Å². The highest BCUT2D eigenvalue weighted by Gasteiger charge is 2.10. The minimum Gasteiger partial charge on any atom is -0.497 e. The third-order valence-electron chi connectivity index (χ3n) is 3.03. The van der Waals surface area contributed by atoms with Gasteiger partial charge in [-0.1, -0.05) is 12.1 Å². The van der Waals surface area contributed by atoms with Crippen molar-refractivity contribution in [1.82, 2.24) is 10.3 Å². The van der Waals surface area contributed by atoms with Crippen molar-refractivity contribution >= 4 is 11.9 Å². The number of carbonyl (C=O) groups is 2. The highest BCUT2D eigenvalue weighted by atomic mass is 16.5. The summed E-state index contributed by atoms with van der Waals surface area (Å²) in [4.78, 5) is 27.2. The lowest BCUT2D eigenvalue weighted by Gasteiger charge is -2.06. The normalized spacial score (nSPS) is 9.91. The topological polar surface area (TPSA) is 77.5 Å². The lowest BCUT2D eigenvalue weighted by molar-refractivity contribution is 0.0593. The summed E-state index contributed by atoms with van der Waals surface area (Å²) < 4.78 is 9.62. The monoisotopic (exact) mass is 300 g/mol. The average molecular weight is 300 g/mol. The molecule has 114 valence electrons. The number of rotatable bonds is 5. The second kappa shape index (κ2) is 7.21. The zero-order valence-corrected chi connectivity index (χ0v) is 12.3. The van der Waals surface area contributed by atoms with Crippen molar-refractivity contribution in [3.63, 3.8) is 0 Å². The van der Waals surface area contributed by atoms with Gasteiger partial charge in [0.2, 0.25) is 0 Å². The van der Waals surface area contributed by atoms with Gasteiger partial charge < -0.3 is 14.8 Å². The van der Waals surface area contributed by atoms with Crippen LogP contribution in [0.3, 0.4) is 0 Å². The van der Waals surface area contributed by atoms with E-state index in [0.717, 1.165) is 11.3 Å². The zero-order valence-electron chi connectivity index (χ0n) is 12.3. The van der Waals surface area contributed by atoms with Gasteiger partial charge in [-0.3, -0.25) is 4.79 Å². The number of methoxy groups -OCH3 is 2. The summed E-state index contributed by atoms with van der Waals surface area (Å²) in [5.74, 6) is -0.0393. The second-order valence-electron chi connectivity index (χ2n) is 4.45. The number of nitrogens with one attached hydrogen (secondary N) is 1. The molecule has 0 saturated heterocycles. The molecular formula is C16H16N2O4. The van der Waals surface area contributed by atoms with E-state index in [1.165, 1.54) is 25.4 Å². The largest absolute Gasteiger partial charge is 0.497 e. The Morgan fingerprint density at radius 1 is 1.09 bits per heavy atom. The fourth-order valence-corrected chi connectivity index (χ4v) is 1.78. The predicted molar refractivity (Wildman–Crippen MR) is 79.7 cm³/mol. The van der Waals surface area contributed by atoms with Crippen molar-refractivity contribution in [2.75, 3.05) is 14.2 Å². The van der Waals surface area contributed by atoms with Crippen molar-refractivity contribution in [2.24, 2.45) is 0 Å². The standard InChI is InChI=1S/C16H16N2O4/c1-21-13-6-3-11(4-7-13)9-18-15(19)12-5-8-14(17-10-12)16(20)22-2/h3-8,10H,9H2,1-2H3,(H,18,19). The molecule has 1 aromatic carbocycles. The molecule has 1 aromatic heterocycles. The Balaban J connectivity index is 1.95. The van der Waals surface area contributed by atoms with E-state index in [1.54, 1.807) is 7.11 Å². The molecule has 0 atom stereocenters. The summed E-state index contributed by atoms with van der Waals surface area (Å²) in [6.07, 6.45) is 1.34. The van der Waals surface area contributed by atoms with E-state index in [0.29, 0.717) is 12.1 Å². The van der Waals surface area contributed by atoms with Crippen LogP contribution in [0.25, 0.3) is 0 Å². The van der Waals surface area contributed by atoms with Crippen molar-refractivity contribution in [2.45, 2.75) is 6.54 Å². The van der Waals surface area contributed by atoms with Crippen LogP contribution < -0.4 is 10.1 Å². The number of aromatic nitrogens is 1. The summed E-state index contributed by atoms with van der Waals surface area (Å²) in [6, 6.07) is 10.4. The number of esters is 1. The second-order valence-corrected chi connectivity index (χ2v) is 4.45. The first-order valence-electron chi connectivity index (χ1n) is 6.59. The van der Waals surface area contributed by atoms with Gasteiger partial charge >= 0.3 is 5.97 Å². The van der Waals surface area contributed by atoms with Crippen LogP contribution in [-0.2, 0) is 11.3 Å². The lowest BCUT2D eigenvalue weighted by Crippen LogP contribution is -2.23. The number of amides is 1. The Morgan fingerprint density at radius 3 is 2.36 bits per heavy atom. The molecule has 22 heavy (non-hydrogen) atoms. The minimum absolute atomic E-state index is 0.161. The lowest BCUT2D eigenvalue weighted by atomic mass is 10.2. The van der Waals surface area contributed by atoms with Crippen LogP contribution in [0.5, 0.6) is 5.75 Å². The minimum atomic E-state index is -0.537. The van der Waals surface area contributed by atoms with Crippen LogP contribution in [-0.4, -0.2) is 31.1 Å². The Kier molecular flexibility index (Phi) is 5.08. The van der Waals surface area contributed by atoms with Crippen molar-refractivity contribution in [3.05, 3.63) is 59.4 Å². The van der Waals surface area contributed by atoms with Crippen molar-refractivity contribution in [1.29, 1.82) is 0 Å². The fourth-order valence-electron chi connectivity index (χ4n) is 1.78. The maximum atomic E-state index is 12.0. The molecule has 1 heterocycles. The van der Waals surface area contributed by atoms with Gasteiger partial charge in [-0.05, 0) is 29.8 Å². The molecule has 0 radical (unpaired) electrons. The van der Waals surface area contributed by atoms with Crippen molar-refractivity contribution in [3.8, 4) is 5.75 Å².